The van der Waals surface area contributed by atoms with E-state index in [4.69, 9.17) is 14.2 Å². The summed E-state index contributed by atoms with van der Waals surface area (Å²) >= 11 is 1.80. The third-order valence-electron chi connectivity index (χ3n) is 5.30. The number of hydrogen-bond acceptors (Lipinski definition) is 5. The van der Waals surface area contributed by atoms with E-state index in [1.54, 1.807) is 11.3 Å². The van der Waals surface area contributed by atoms with E-state index in [1.807, 2.05) is 13.0 Å². The Bertz CT molecular complexity index is 1160. The van der Waals surface area contributed by atoms with Gasteiger partial charge >= 0.3 is 0 Å². The molecule has 0 aliphatic heterocycles. The molecular weight excluding hydrogens is 392 g/mol. The molecule has 0 spiro atoms. The summed E-state index contributed by atoms with van der Waals surface area (Å²) in [6.45, 7) is 11.2. The van der Waals surface area contributed by atoms with Crippen LogP contribution in [-0.4, -0.2) is 16.7 Å². The van der Waals surface area contributed by atoms with Gasteiger partial charge in [0.1, 0.15) is 10.8 Å². The van der Waals surface area contributed by atoms with Gasteiger partial charge in [0.2, 0.25) is 0 Å². The fourth-order valence-electron chi connectivity index (χ4n) is 3.66. The molecule has 4 nitrogen and oxygen atoms in total. The molecule has 156 valence electrons. The number of rotatable bonds is 7. The van der Waals surface area contributed by atoms with Crippen LogP contribution in [0.3, 0.4) is 0 Å². The van der Waals surface area contributed by atoms with Crippen molar-refractivity contribution in [2.75, 3.05) is 6.61 Å². The Kier molecular flexibility index (Phi) is 5.91. The highest BCUT2D eigenvalue weighted by Gasteiger charge is 2.17. The predicted molar refractivity (Wildman–Crippen MR) is 124 cm³/mol. The van der Waals surface area contributed by atoms with Gasteiger partial charge in [0.05, 0.1) is 18.0 Å². The zero-order valence-electron chi connectivity index (χ0n) is 18.3. The van der Waals surface area contributed by atoms with Gasteiger partial charge in [-0.15, -0.1) is 11.3 Å². The molecule has 0 atom stereocenters. The fourth-order valence-corrected chi connectivity index (χ4v) is 4.88. The lowest BCUT2D eigenvalue weighted by molar-refractivity contribution is 0.337. The van der Waals surface area contributed by atoms with Crippen LogP contribution in [-0.2, 0) is 12.8 Å². The lowest BCUT2D eigenvalue weighted by Gasteiger charge is -2.06. The van der Waals surface area contributed by atoms with E-state index < -0.39 is 0 Å². The predicted octanol–water partition coefficient (Wildman–Crippen LogP) is 6.88. The summed E-state index contributed by atoms with van der Waals surface area (Å²) in [4.78, 5) is 6.31. The molecule has 0 amide bonds. The second-order valence-electron chi connectivity index (χ2n) is 8.02. The van der Waals surface area contributed by atoms with Crippen molar-refractivity contribution < 1.29 is 9.26 Å². The van der Waals surface area contributed by atoms with E-state index in [-0.39, 0.29) is 0 Å². The monoisotopic (exact) mass is 420 g/mol. The zero-order valence-corrected chi connectivity index (χ0v) is 19.1. The summed E-state index contributed by atoms with van der Waals surface area (Å²) in [6.07, 6.45) is 1.74. The van der Waals surface area contributed by atoms with E-state index in [0.29, 0.717) is 12.5 Å². The SMILES string of the molecule is CCOc1cc2onc(CCc3sc(-c4ccc(C)cc4)nc3C(C)C)c2cc1C. The number of aryl methyl sites for hydroxylation is 4. The first-order chi connectivity index (χ1) is 14.5. The maximum Gasteiger partial charge on any atom is 0.170 e. The van der Waals surface area contributed by atoms with Crippen LogP contribution in [0.2, 0.25) is 0 Å². The Morgan fingerprint density at radius 2 is 1.83 bits per heavy atom. The Balaban J connectivity index is 1.60. The average Bonchev–Trinajstić information content (AvgIpc) is 3.31. The van der Waals surface area contributed by atoms with Crippen LogP contribution in [0.5, 0.6) is 5.75 Å². The Labute approximate surface area is 181 Å². The number of thiazole rings is 1. The summed E-state index contributed by atoms with van der Waals surface area (Å²) in [6, 6.07) is 12.7. The minimum absolute atomic E-state index is 0.389. The second-order valence-corrected chi connectivity index (χ2v) is 9.11. The highest BCUT2D eigenvalue weighted by atomic mass is 32.1. The first kappa shape index (κ1) is 20.6. The zero-order chi connectivity index (χ0) is 21.3. The van der Waals surface area contributed by atoms with Crippen molar-refractivity contribution in [3.05, 3.63) is 63.8 Å². The largest absolute Gasteiger partial charge is 0.493 e. The molecule has 0 N–H and O–H groups in total. The fraction of sp³-hybridized carbons (Fsp3) is 0.360. The van der Waals surface area contributed by atoms with Crippen LogP contribution in [0.1, 0.15) is 54.1 Å². The quantitative estimate of drug-likeness (QED) is 0.327. The highest BCUT2D eigenvalue weighted by Crippen LogP contribution is 2.34. The molecule has 5 heteroatoms. The van der Waals surface area contributed by atoms with Gasteiger partial charge in [-0.3, -0.25) is 0 Å². The maximum absolute atomic E-state index is 5.68. The van der Waals surface area contributed by atoms with E-state index in [2.05, 4.69) is 63.2 Å². The van der Waals surface area contributed by atoms with Crippen molar-refractivity contribution in [2.45, 2.75) is 53.4 Å². The van der Waals surface area contributed by atoms with Gasteiger partial charge in [-0.05, 0) is 51.2 Å². The molecule has 30 heavy (non-hydrogen) atoms. The van der Waals surface area contributed by atoms with Crippen molar-refractivity contribution in [1.82, 2.24) is 10.1 Å². The van der Waals surface area contributed by atoms with Crippen LogP contribution in [0, 0.1) is 13.8 Å². The number of hydrogen-bond donors (Lipinski definition) is 0. The second kappa shape index (κ2) is 8.60. The molecular formula is C25H28N2O2S. The van der Waals surface area contributed by atoms with Crippen molar-refractivity contribution in [2.24, 2.45) is 0 Å². The van der Waals surface area contributed by atoms with Crippen LogP contribution >= 0.6 is 11.3 Å². The number of aromatic nitrogens is 2. The van der Waals surface area contributed by atoms with Gasteiger partial charge in [-0.25, -0.2) is 4.98 Å². The standard InChI is InChI=1S/C25H28N2O2S/c1-6-28-21-14-22-19(13-17(21)5)20(27-29-22)11-12-23-24(15(2)3)26-25(30-23)18-9-7-16(4)8-10-18/h7-10,13-15H,6,11-12H2,1-5H3. The number of fused-ring (bicyclic) bond motifs is 1. The summed E-state index contributed by atoms with van der Waals surface area (Å²) in [7, 11) is 0. The third kappa shape index (κ3) is 4.12. The van der Waals surface area contributed by atoms with E-state index in [0.717, 1.165) is 45.8 Å². The molecule has 0 unspecified atom stereocenters. The van der Waals surface area contributed by atoms with Gasteiger partial charge < -0.3 is 9.26 Å². The average molecular weight is 421 g/mol. The third-order valence-corrected chi connectivity index (χ3v) is 6.48. The van der Waals surface area contributed by atoms with Crippen LogP contribution in [0.4, 0.5) is 0 Å². The van der Waals surface area contributed by atoms with Gasteiger partial charge in [0, 0.05) is 21.9 Å². The summed E-state index contributed by atoms with van der Waals surface area (Å²) in [5.74, 6) is 1.25. The molecule has 2 aromatic carbocycles. The van der Waals surface area contributed by atoms with Gasteiger partial charge in [-0.2, -0.15) is 0 Å². The van der Waals surface area contributed by atoms with Crippen LogP contribution in [0.25, 0.3) is 21.5 Å². The van der Waals surface area contributed by atoms with Crippen LogP contribution < -0.4 is 4.74 Å². The van der Waals surface area contributed by atoms with Crippen molar-refractivity contribution in [1.29, 1.82) is 0 Å². The smallest absolute Gasteiger partial charge is 0.170 e. The Hall–Kier alpha value is -2.66. The van der Waals surface area contributed by atoms with E-state index in [1.165, 1.54) is 21.7 Å². The molecule has 0 fully saturated rings. The molecule has 0 bridgehead atoms. The molecule has 0 aliphatic carbocycles. The minimum Gasteiger partial charge on any atom is -0.493 e. The molecule has 4 aromatic rings. The van der Waals surface area contributed by atoms with Crippen molar-refractivity contribution in [3.63, 3.8) is 0 Å². The van der Waals surface area contributed by atoms with Gasteiger partial charge in [0.15, 0.2) is 5.58 Å². The topological polar surface area (TPSA) is 48.2 Å². The number of ether oxygens (including phenoxy) is 1. The first-order valence-corrected chi connectivity index (χ1v) is 11.4. The summed E-state index contributed by atoms with van der Waals surface area (Å²) < 4.78 is 11.3. The summed E-state index contributed by atoms with van der Waals surface area (Å²) in [5, 5.41) is 6.52. The van der Waals surface area contributed by atoms with Gasteiger partial charge in [-0.1, -0.05) is 48.8 Å². The Morgan fingerprint density at radius 1 is 1.07 bits per heavy atom. The minimum atomic E-state index is 0.389. The molecule has 0 aliphatic rings. The first-order valence-electron chi connectivity index (χ1n) is 10.5. The van der Waals surface area contributed by atoms with E-state index in [9.17, 15) is 0 Å². The maximum atomic E-state index is 5.68. The lowest BCUT2D eigenvalue weighted by Crippen LogP contribution is -1.97. The molecule has 4 rings (SSSR count). The number of benzene rings is 2. The normalized spacial score (nSPS) is 11.5. The molecule has 2 aromatic heterocycles. The molecule has 2 heterocycles. The highest BCUT2D eigenvalue weighted by molar-refractivity contribution is 7.15. The molecule has 0 saturated carbocycles. The number of nitrogens with zero attached hydrogens (tertiary/aromatic N) is 2. The van der Waals surface area contributed by atoms with Crippen molar-refractivity contribution in [3.8, 4) is 16.3 Å². The lowest BCUT2D eigenvalue weighted by atomic mass is 10.0. The van der Waals surface area contributed by atoms with Crippen LogP contribution in [0.15, 0.2) is 40.9 Å². The van der Waals surface area contributed by atoms with Gasteiger partial charge in [0.25, 0.3) is 0 Å². The van der Waals surface area contributed by atoms with Crippen molar-refractivity contribution >= 4 is 22.3 Å². The molecule has 0 saturated heterocycles. The van der Waals surface area contributed by atoms with E-state index >= 15 is 0 Å². The Morgan fingerprint density at radius 3 is 2.53 bits per heavy atom. The molecule has 0 radical (unpaired) electrons. The summed E-state index contributed by atoms with van der Waals surface area (Å²) in [5.41, 5.74) is 6.53.